The van der Waals surface area contributed by atoms with Crippen LogP contribution in [0.3, 0.4) is 0 Å². The van der Waals surface area contributed by atoms with Gasteiger partial charge in [-0.05, 0) is 18.4 Å². The van der Waals surface area contributed by atoms with E-state index in [1.165, 1.54) is 34.9 Å². The fraction of sp³-hybridized carbons (Fsp3) is 0.438. The molecular formula is C16H17N2NaO5S2. The van der Waals surface area contributed by atoms with Gasteiger partial charge in [0.25, 0.3) is 0 Å². The Labute approximate surface area is 181 Å². The van der Waals surface area contributed by atoms with Crippen molar-refractivity contribution in [2.45, 2.75) is 32.6 Å². The largest absolute Gasteiger partial charge is 1.00 e. The second-order valence-corrected chi connectivity index (χ2v) is 7.88. The molecule has 0 aromatic carbocycles. The molecular weight excluding hydrogens is 387 g/mol. The van der Waals surface area contributed by atoms with Crippen LogP contribution in [-0.4, -0.2) is 44.1 Å². The van der Waals surface area contributed by atoms with Gasteiger partial charge in [0.1, 0.15) is 0 Å². The van der Waals surface area contributed by atoms with Gasteiger partial charge in [0, 0.05) is 10.8 Å². The molecule has 1 fully saturated rings. The molecule has 7 nitrogen and oxygen atoms in total. The van der Waals surface area contributed by atoms with Gasteiger partial charge in [-0.15, -0.1) is 11.3 Å². The molecule has 3 heterocycles. The van der Waals surface area contributed by atoms with E-state index in [2.05, 4.69) is 4.98 Å². The molecule has 134 valence electrons. The number of hydrogen-bond donors (Lipinski definition) is 2. The molecule has 1 aromatic rings. The van der Waals surface area contributed by atoms with E-state index in [9.17, 15) is 24.9 Å². The quantitative estimate of drug-likeness (QED) is 0.388. The number of β-lactam (4-membered cyclic amide) rings is 1. The zero-order valence-corrected chi connectivity index (χ0v) is 18.2. The molecule has 0 radical (unpaired) electrons. The minimum absolute atomic E-state index is 0. The fourth-order valence-electron chi connectivity index (χ4n) is 3.37. The van der Waals surface area contributed by atoms with Crippen LogP contribution < -0.4 is 34.7 Å². The van der Waals surface area contributed by atoms with Crippen LogP contribution in [-0.2, 0) is 16.2 Å². The Balaban J connectivity index is 0.00000243. The van der Waals surface area contributed by atoms with Gasteiger partial charge in [0.05, 0.1) is 52.4 Å². The molecule has 26 heavy (non-hydrogen) atoms. The number of hydrogen-bond acceptors (Lipinski definition) is 8. The molecule has 0 unspecified atom stereocenters. The van der Waals surface area contributed by atoms with Gasteiger partial charge in [-0.1, -0.05) is 18.7 Å². The van der Waals surface area contributed by atoms with E-state index in [0.29, 0.717) is 10.6 Å². The number of nitrogens with zero attached hydrogens (tertiary/aromatic N) is 2. The molecule has 0 spiro atoms. The van der Waals surface area contributed by atoms with Crippen molar-refractivity contribution in [1.29, 1.82) is 0 Å². The van der Waals surface area contributed by atoms with Crippen molar-refractivity contribution in [1.82, 2.24) is 9.88 Å². The monoisotopic (exact) mass is 404 g/mol. The number of carbonyl (C=O) groups is 2. The molecule has 10 heteroatoms. The number of amides is 1. The van der Waals surface area contributed by atoms with Gasteiger partial charge in [-0.3, -0.25) is 4.79 Å². The molecule has 4 atom stereocenters. The van der Waals surface area contributed by atoms with Crippen LogP contribution in [0.1, 0.15) is 24.4 Å². The molecule has 2 aliphatic rings. The Bertz CT molecular complexity index is 776. The number of fused-ring (bicyclic) bond motifs is 1. The number of carboxylic acid groups (broad SMARTS) is 1. The summed E-state index contributed by atoms with van der Waals surface area (Å²) in [6.07, 6.45) is 0.865. The Morgan fingerprint density at radius 2 is 2.27 bits per heavy atom. The Morgan fingerprint density at radius 1 is 1.58 bits per heavy atom. The summed E-state index contributed by atoms with van der Waals surface area (Å²) in [5, 5.41) is 32.3. The third kappa shape index (κ3) is 3.54. The Hall–Kier alpha value is -0.680. The van der Waals surface area contributed by atoms with Crippen molar-refractivity contribution in [3.63, 3.8) is 0 Å². The standard InChI is InChI=1S/C16H18N2O5S2.Na/c1-7-12-11(8(2)20)15(21)18(12)13(16(22)23)14(7)24-4-3-9-10(5-19)25-6-17-9;/h3-4,6-8,11-12,19-20H,5H2,1-2H3,(H,22,23);/q;+1/p-1/b4-3-;/t7-,8-,11-,12-;/m1./s1. The number of aromatic nitrogens is 1. The van der Waals surface area contributed by atoms with E-state index in [4.69, 9.17) is 0 Å². The summed E-state index contributed by atoms with van der Waals surface area (Å²) in [5.41, 5.74) is 2.13. The number of aliphatic hydroxyl groups is 2. The van der Waals surface area contributed by atoms with Gasteiger partial charge < -0.3 is 25.0 Å². The van der Waals surface area contributed by atoms with Crippen LogP contribution in [0.5, 0.6) is 0 Å². The van der Waals surface area contributed by atoms with Gasteiger partial charge >= 0.3 is 29.6 Å². The number of aliphatic carboxylic acids is 1. The van der Waals surface area contributed by atoms with Gasteiger partial charge in [0.15, 0.2) is 0 Å². The smallest absolute Gasteiger partial charge is 0.543 e. The van der Waals surface area contributed by atoms with Crippen molar-refractivity contribution < 1.29 is 54.5 Å². The van der Waals surface area contributed by atoms with Crippen LogP contribution in [0.2, 0.25) is 0 Å². The Kier molecular flexibility index (Phi) is 7.11. The van der Waals surface area contributed by atoms with Crippen molar-refractivity contribution >= 4 is 41.1 Å². The normalized spacial score (nSPS) is 25.9. The third-order valence-electron chi connectivity index (χ3n) is 4.54. The van der Waals surface area contributed by atoms with E-state index < -0.39 is 18.0 Å². The first-order valence-corrected chi connectivity index (χ1v) is 9.47. The van der Waals surface area contributed by atoms with E-state index in [1.54, 1.807) is 17.0 Å². The van der Waals surface area contributed by atoms with Crippen molar-refractivity contribution in [2.24, 2.45) is 11.8 Å². The average Bonchev–Trinajstić information content (AvgIpc) is 3.09. The number of thioether (sulfide) groups is 1. The maximum atomic E-state index is 12.2. The van der Waals surface area contributed by atoms with Crippen LogP contribution in [0.4, 0.5) is 0 Å². The number of rotatable bonds is 6. The predicted molar refractivity (Wildman–Crippen MR) is 91.7 cm³/mol. The summed E-state index contributed by atoms with van der Waals surface area (Å²) in [7, 11) is 0. The SMILES string of the molecule is C[C@@H](O)[C@H]1C(=O)N2C(C(=O)[O-])=C(S/C=C\c3ncsc3CO)[C@H](C)[C@H]12.[Na+]. The van der Waals surface area contributed by atoms with Crippen molar-refractivity contribution in [3.8, 4) is 0 Å². The summed E-state index contributed by atoms with van der Waals surface area (Å²) in [6, 6.07) is -0.358. The molecule has 0 bridgehead atoms. The zero-order chi connectivity index (χ0) is 18.3. The minimum Gasteiger partial charge on any atom is -0.543 e. The molecule has 0 aliphatic carbocycles. The average molecular weight is 404 g/mol. The fourth-order valence-corrected chi connectivity index (χ4v) is 4.97. The maximum absolute atomic E-state index is 12.2. The van der Waals surface area contributed by atoms with Gasteiger partial charge in [-0.2, -0.15) is 0 Å². The summed E-state index contributed by atoms with van der Waals surface area (Å²) in [4.78, 5) is 30.4. The van der Waals surface area contributed by atoms with E-state index in [1.807, 2.05) is 6.92 Å². The summed E-state index contributed by atoms with van der Waals surface area (Å²) in [5.74, 6) is -2.58. The molecule has 1 aromatic heterocycles. The number of carboxylic acids is 1. The van der Waals surface area contributed by atoms with Crippen LogP contribution in [0.15, 0.2) is 21.5 Å². The van der Waals surface area contributed by atoms with Crippen molar-refractivity contribution in [3.05, 3.63) is 32.1 Å². The topological polar surface area (TPSA) is 114 Å². The number of aliphatic hydroxyl groups excluding tert-OH is 2. The molecule has 2 N–H and O–H groups in total. The first-order valence-electron chi connectivity index (χ1n) is 7.71. The first kappa shape index (κ1) is 21.6. The number of carbonyl (C=O) groups excluding carboxylic acids is 2. The van der Waals surface area contributed by atoms with E-state index >= 15 is 0 Å². The molecule has 3 rings (SSSR count). The summed E-state index contributed by atoms with van der Waals surface area (Å²) < 4.78 is 0. The van der Waals surface area contributed by atoms with Gasteiger partial charge in [0.2, 0.25) is 5.91 Å². The Morgan fingerprint density at radius 3 is 2.85 bits per heavy atom. The molecule has 1 saturated heterocycles. The van der Waals surface area contributed by atoms with Crippen LogP contribution in [0, 0.1) is 11.8 Å². The molecule has 2 aliphatic heterocycles. The zero-order valence-electron chi connectivity index (χ0n) is 14.6. The van der Waals surface area contributed by atoms with Crippen molar-refractivity contribution in [2.75, 3.05) is 0 Å². The molecule has 0 saturated carbocycles. The van der Waals surface area contributed by atoms with Crippen LogP contribution in [0.25, 0.3) is 6.08 Å². The summed E-state index contributed by atoms with van der Waals surface area (Å²) >= 11 is 2.53. The summed E-state index contributed by atoms with van der Waals surface area (Å²) in [6.45, 7) is 3.27. The van der Waals surface area contributed by atoms with Gasteiger partial charge in [-0.25, -0.2) is 4.98 Å². The minimum atomic E-state index is -1.40. The third-order valence-corrected chi connectivity index (χ3v) is 6.46. The maximum Gasteiger partial charge on any atom is 1.00 e. The first-order chi connectivity index (χ1) is 11.9. The second-order valence-electron chi connectivity index (χ2n) is 5.99. The van der Waals surface area contributed by atoms with E-state index in [-0.39, 0.29) is 59.7 Å². The second kappa shape index (κ2) is 8.55. The molecule has 1 amide bonds. The predicted octanol–water partition coefficient (Wildman–Crippen LogP) is -2.84. The van der Waals surface area contributed by atoms with Crippen LogP contribution >= 0.6 is 23.1 Å². The number of thiazole rings is 1. The van der Waals surface area contributed by atoms with E-state index in [0.717, 1.165) is 4.88 Å².